The summed E-state index contributed by atoms with van der Waals surface area (Å²) in [5.41, 5.74) is 0.938. The zero-order valence-electron chi connectivity index (χ0n) is 8.41. The molecule has 1 aliphatic rings. The third kappa shape index (κ3) is 4.16. The van der Waals surface area contributed by atoms with Crippen molar-refractivity contribution in [3.05, 3.63) is 0 Å². The van der Waals surface area contributed by atoms with Crippen LogP contribution in [0.2, 0.25) is 0 Å². The minimum atomic E-state index is -0.560. The molecule has 0 N–H and O–H groups in total. The molecule has 0 amide bonds. The highest BCUT2D eigenvalue weighted by Gasteiger charge is 2.10. The van der Waals surface area contributed by atoms with E-state index in [1.807, 2.05) is 0 Å². The quantitative estimate of drug-likeness (QED) is 0.394. The third-order valence-electron chi connectivity index (χ3n) is 2.10. The van der Waals surface area contributed by atoms with E-state index in [4.69, 9.17) is 0 Å². The number of carbonyl (C=O) groups is 2. The van der Waals surface area contributed by atoms with Gasteiger partial charge in [0, 0.05) is 0 Å². The van der Waals surface area contributed by atoms with Gasteiger partial charge >= 0.3 is 5.97 Å². The van der Waals surface area contributed by atoms with E-state index in [1.54, 1.807) is 0 Å². The molecule has 0 spiro atoms. The second-order valence-electron chi connectivity index (χ2n) is 3.56. The van der Waals surface area contributed by atoms with Gasteiger partial charge in [-0.15, -0.1) is 0 Å². The van der Waals surface area contributed by atoms with Crippen molar-refractivity contribution in [3.8, 4) is 0 Å². The van der Waals surface area contributed by atoms with E-state index in [2.05, 4.69) is 9.99 Å². The summed E-state index contributed by atoms with van der Waals surface area (Å²) in [5.74, 6) is -0.755. The summed E-state index contributed by atoms with van der Waals surface area (Å²) < 4.78 is 0. The number of Topliss-reactive ketones (excluding diaryl/α,β-unsaturated/α-hetero) is 1. The first kappa shape index (κ1) is 10.9. The number of rotatable bonds is 3. The molecular weight excluding hydrogens is 182 g/mol. The van der Waals surface area contributed by atoms with Gasteiger partial charge in [0.15, 0.2) is 0 Å². The Morgan fingerprint density at radius 2 is 1.93 bits per heavy atom. The lowest BCUT2D eigenvalue weighted by atomic mass is 9.99. The van der Waals surface area contributed by atoms with Gasteiger partial charge in [-0.2, -0.15) is 0 Å². The number of nitrogens with zero attached hydrogens (tertiary/aromatic N) is 1. The monoisotopic (exact) mass is 197 g/mol. The topological polar surface area (TPSA) is 55.7 Å². The van der Waals surface area contributed by atoms with E-state index in [1.165, 1.54) is 13.3 Å². The molecule has 1 saturated carbocycles. The summed E-state index contributed by atoms with van der Waals surface area (Å²) in [5, 5.41) is 3.75. The molecule has 0 heterocycles. The van der Waals surface area contributed by atoms with Crippen molar-refractivity contribution in [2.75, 3.05) is 0 Å². The minimum Gasteiger partial charge on any atom is -0.318 e. The van der Waals surface area contributed by atoms with Gasteiger partial charge in [0.05, 0.1) is 5.71 Å². The molecule has 14 heavy (non-hydrogen) atoms. The SMILES string of the molecule is CC(=O)CC(=O)ON=C1CCCCC1. The average molecular weight is 197 g/mol. The molecule has 1 aliphatic carbocycles. The first-order valence-corrected chi connectivity index (χ1v) is 4.93. The van der Waals surface area contributed by atoms with Crippen LogP contribution in [-0.2, 0) is 14.4 Å². The summed E-state index contributed by atoms with van der Waals surface area (Å²) in [6, 6.07) is 0. The molecule has 1 rings (SSSR count). The highest BCUT2D eigenvalue weighted by molar-refractivity contribution is 5.94. The standard InChI is InChI=1S/C10H15NO3/c1-8(12)7-10(13)14-11-9-5-3-2-4-6-9/h2-7H2,1H3. The highest BCUT2D eigenvalue weighted by Crippen LogP contribution is 2.14. The Bertz CT molecular complexity index is 250. The van der Waals surface area contributed by atoms with E-state index in [0.29, 0.717) is 0 Å². The van der Waals surface area contributed by atoms with E-state index >= 15 is 0 Å². The van der Waals surface area contributed by atoms with Crippen molar-refractivity contribution in [1.29, 1.82) is 0 Å². The molecule has 4 heteroatoms. The van der Waals surface area contributed by atoms with Gasteiger partial charge < -0.3 is 4.84 Å². The van der Waals surface area contributed by atoms with Crippen molar-refractivity contribution in [2.24, 2.45) is 5.16 Å². The Labute approximate surface area is 83.3 Å². The van der Waals surface area contributed by atoms with Crippen molar-refractivity contribution < 1.29 is 14.4 Å². The first-order chi connectivity index (χ1) is 6.68. The number of ketones is 1. The van der Waals surface area contributed by atoms with E-state index < -0.39 is 5.97 Å². The second-order valence-corrected chi connectivity index (χ2v) is 3.56. The lowest BCUT2D eigenvalue weighted by Gasteiger charge is -2.10. The van der Waals surface area contributed by atoms with Crippen molar-refractivity contribution in [1.82, 2.24) is 0 Å². The normalized spacial score (nSPS) is 16.2. The van der Waals surface area contributed by atoms with Gasteiger partial charge in [-0.1, -0.05) is 11.6 Å². The Hall–Kier alpha value is -1.19. The first-order valence-electron chi connectivity index (χ1n) is 4.93. The Kier molecular flexibility index (Phi) is 4.29. The molecule has 0 aromatic heterocycles. The molecule has 0 unspecified atom stereocenters. The fourth-order valence-corrected chi connectivity index (χ4v) is 1.40. The van der Waals surface area contributed by atoms with Crippen LogP contribution >= 0.6 is 0 Å². The zero-order chi connectivity index (χ0) is 10.4. The molecular formula is C10H15NO3. The maximum atomic E-state index is 10.9. The number of carbonyl (C=O) groups excluding carboxylic acids is 2. The zero-order valence-corrected chi connectivity index (χ0v) is 8.41. The minimum absolute atomic E-state index is 0.184. The van der Waals surface area contributed by atoms with Gasteiger partial charge in [0.1, 0.15) is 12.2 Å². The van der Waals surface area contributed by atoms with Gasteiger partial charge in [-0.3, -0.25) is 4.79 Å². The van der Waals surface area contributed by atoms with Gasteiger partial charge in [0.2, 0.25) is 0 Å². The van der Waals surface area contributed by atoms with Gasteiger partial charge in [0.25, 0.3) is 0 Å². The largest absolute Gasteiger partial charge is 0.342 e. The van der Waals surface area contributed by atoms with Crippen LogP contribution in [-0.4, -0.2) is 17.5 Å². The van der Waals surface area contributed by atoms with Crippen LogP contribution in [0.5, 0.6) is 0 Å². The molecule has 1 fully saturated rings. The molecule has 0 atom stereocenters. The van der Waals surface area contributed by atoms with Crippen molar-refractivity contribution in [2.45, 2.75) is 45.4 Å². The summed E-state index contributed by atoms with van der Waals surface area (Å²) in [6.07, 6.45) is 5.09. The van der Waals surface area contributed by atoms with Crippen LogP contribution in [0.25, 0.3) is 0 Å². The molecule has 4 nitrogen and oxygen atoms in total. The summed E-state index contributed by atoms with van der Waals surface area (Å²) in [6.45, 7) is 1.36. The van der Waals surface area contributed by atoms with Gasteiger partial charge in [-0.25, -0.2) is 4.79 Å². The highest BCUT2D eigenvalue weighted by atomic mass is 16.7. The average Bonchev–Trinajstić information content (AvgIpc) is 2.15. The molecule has 0 aromatic rings. The van der Waals surface area contributed by atoms with Crippen molar-refractivity contribution in [3.63, 3.8) is 0 Å². The predicted octanol–water partition coefficient (Wildman–Crippen LogP) is 1.83. The molecule has 0 bridgehead atoms. The van der Waals surface area contributed by atoms with Crippen molar-refractivity contribution >= 4 is 17.5 Å². The molecule has 0 aliphatic heterocycles. The van der Waals surface area contributed by atoms with E-state index in [-0.39, 0.29) is 12.2 Å². The second kappa shape index (κ2) is 5.52. The van der Waals surface area contributed by atoms with Crippen LogP contribution < -0.4 is 0 Å². The lowest BCUT2D eigenvalue weighted by molar-refractivity contribution is -0.145. The maximum Gasteiger partial charge on any atom is 0.342 e. The van der Waals surface area contributed by atoms with Crippen LogP contribution in [0.1, 0.15) is 45.4 Å². The number of oxime groups is 1. The number of hydrogen-bond donors (Lipinski definition) is 0. The van der Waals surface area contributed by atoms with E-state index in [0.717, 1.165) is 31.4 Å². The predicted molar refractivity (Wildman–Crippen MR) is 51.9 cm³/mol. The summed E-state index contributed by atoms with van der Waals surface area (Å²) >= 11 is 0. The van der Waals surface area contributed by atoms with Crippen LogP contribution in [0.4, 0.5) is 0 Å². The fraction of sp³-hybridized carbons (Fsp3) is 0.700. The smallest absolute Gasteiger partial charge is 0.318 e. The summed E-state index contributed by atoms with van der Waals surface area (Å²) in [7, 11) is 0. The van der Waals surface area contributed by atoms with Crippen LogP contribution in [0, 0.1) is 0 Å². The molecule has 0 aromatic carbocycles. The maximum absolute atomic E-state index is 10.9. The Balaban J connectivity index is 2.29. The van der Waals surface area contributed by atoms with Crippen LogP contribution in [0.3, 0.4) is 0 Å². The lowest BCUT2D eigenvalue weighted by Crippen LogP contribution is -2.10. The third-order valence-corrected chi connectivity index (χ3v) is 2.10. The molecule has 0 radical (unpaired) electrons. The summed E-state index contributed by atoms with van der Waals surface area (Å²) in [4.78, 5) is 26.1. The van der Waals surface area contributed by atoms with Gasteiger partial charge in [-0.05, 0) is 32.6 Å². The van der Waals surface area contributed by atoms with Crippen LogP contribution in [0.15, 0.2) is 5.16 Å². The fourth-order valence-electron chi connectivity index (χ4n) is 1.40. The number of hydrogen-bond acceptors (Lipinski definition) is 4. The Morgan fingerprint density at radius 1 is 1.29 bits per heavy atom. The molecule has 78 valence electrons. The molecule has 0 saturated heterocycles. The Morgan fingerprint density at radius 3 is 2.50 bits per heavy atom. The van der Waals surface area contributed by atoms with E-state index in [9.17, 15) is 9.59 Å².